The Labute approximate surface area is 108 Å². The third kappa shape index (κ3) is 3.60. The van der Waals surface area contributed by atoms with E-state index in [1.54, 1.807) is 6.92 Å². The highest BCUT2D eigenvalue weighted by atomic mass is 16.5. The van der Waals surface area contributed by atoms with Gasteiger partial charge in [0.25, 0.3) is 0 Å². The number of hydrogen-bond donors (Lipinski definition) is 1. The van der Waals surface area contributed by atoms with Crippen LogP contribution in [0, 0.1) is 0 Å². The van der Waals surface area contributed by atoms with Gasteiger partial charge in [0, 0.05) is 6.42 Å². The molecule has 2 nitrogen and oxygen atoms in total. The zero-order valence-electron chi connectivity index (χ0n) is 10.5. The van der Waals surface area contributed by atoms with Crippen molar-refractivity contribution in [3.63, 3.8) is 0 Å². The van der Waals surface area contributed by atoms with Gasteiger partial charge in [-0.25, -0.2) is 0 Å². The van der Waals surface area contributed by atoms with Crippen molar-refractivity contribution in [1.82, 2.24) is 0 Å². The minimum atomic E-state index is -0.311. The largest absolute Gasteiger partial charge is 0.493 e. The van der Waals surface area contributed by atoms with Crippen molar-refractivity contribution >= 4 is 0 Å². The number of hydrogen-bond acceptors (Lipinski definition) is 2. The predicted molar refractivity (Wildman–Crippen MR) is 73.7 cm³/mol. The zero-order chi connectivity index (χ0) is 12.8. The Morgan fingerprint density at radius 2 is 1.56 bits per heavy atom. The Kier molecular flexibility index (Phi) is 4.37. The maximum atomic E-state index is 9.14. The van der Waals surface area contributed by atoms with E-state index in [1.165, 1.54) is 11.1 Å². The van der Waals surface area contributed by atoms with E-state index in [0.29, 0.717) is 13.0 Å². The van der Waals surface area contributed by atoms with Crippen molar-refractivity contribution in [1.29, 1.82) is 0 Å². The topological polar surface area (TPSA) is 29.5 Å². The highest BCUT2D eigenvalue weighted by molar-refractivity contribution is 5.63. The van der Waals surface area contributed by atoms with E-state index in [-0.39, 0.29) is 6.10 Å². The van der Waals surface area contributed by atoms with E-state index < -0.39 is 0 Å². The number of benzene rings is 2. The summed E-state index contributed by atoms with van der Waals surface area (Å²) in [5, 5.41) is 9.14. The van der Waals surface area contributed by atoms with Gasteiger partial charge < -0.3 is 9.84 Å². The van der Waals surface area contributed by atoms with Crippen LogP contribution >= 0.6 is 0 Å². The average Bonchev–Trinajstić information content (AvgIpc) is 2.40. The van der Waals surface area contributed by atoms with Crippen LogP contribution in [0.3, 0.4) is 0 Å². The van der Waals surface area contributed by atoms with Crippen LogP contribution in [-0.2, 0) is 0 Å². The maximum Gasteiger partial charge on any atom is 0.119 e. The standard InChI is InChI=1S/C16H18O2/c1-13(17)11-12-18-16-9-7-15(8-10-16)14-5-3-2-4-6-14/h2-10,13,17H,11-12H2,1H3. The van der Waals surface area contributed by atoms with Crippen molar-refractivity contribution in [2.75, 3.05) is 6.61 Å². The molecule has 0 aliphatic carbocycles. The van der Waals surface area contributed by atoms with E-state index in [1.807, 2.05) is 42.5 Å². The fourth-order valence-corrected chi connectivity index (χ4v) is 1.72. The van der Waals surface area contributed by atoms with Gasteiger partial charge in [-0.1, -0.05) is 42.5 Å². The number of aliphatic hydroxyl groups excluding tert-OH is 1. The minimum absolute atomic E-state index is 0.311. The lowest BCUT2D eigenvalue weighted by atomic mass is 10.1. The molecule has 0 radical (unpaired) electrons. The van der Waals surface area contributed by atoms with Gasteiger partial charge in [0.2, 0.25) is 0 Å². The maximum absolute atomic E-state index is 9.14. The van der Waals surface area contributed by atoms with Crippen molar-refractivity contribution < 1.29 is 9.84 Å². The van der Waals surface area contributed by atoms with Gasteiger partial charge in [-0.2, -0.15) is 0 Å². The van der Waals surface area contributed by atoms with E-state index in [0.717, 1.165) is 5.75 Å². The summed E-state index contributed by atoms with van der Waals surface area (Å²) < 4.78 is 5.55. The summed E-state index contributed by atoms with van der Waals surface area (Å²) in [6.07, 6.45) is 0.342. The van der Waals surface area contributed by atoms with Crippen molar-refractivity contribution in [2.45, 2.75) is 19.4 Å². The van der Waals surface area contributed by atoms with Crippen LogP contribution in [0.15, 0.2) is 54.6 Å². The molecule has 0 spiro atoms. The van der Waals surface area contributed by atoms with Gasteiger partial charge >= 0.3 is 0 Å². The second kappa shape index (κ2) is 6.22. The molecule has 1 atom stereocenters. The normalized spacial score (nSPS) is 12.1. The predicted octanol–water partition coefficient (Wildman–Crippen LogP) is 3.50. The molecule has 1 unspecified atom stereocenters. The summed E-state index contributed by atoms with van der Waals surface area (Å²) in [6, 6.07) is 18.3. The van der Waals surface area contributed by atoms with Crippen LogP contribution in [-0.4, -0.2) is 17.8 Å². The summed E-state index contributed by atoms with van der Waals surface area (Å²) >= 11 is 0. The molecule has 2 rings (SSSR count). The van der Waals surface area contributed by atoms with Crippen LogP contribution in [0.25, 0.3) is 11.1 Å². The van der Waals surface area contributed by atoms with Crippen LogP contribution in [0.1, 0.15) is 13.3 Å². The summed E-state index contributed by atoms with van der Waals surface area (Å²) in [5.41, 5.74) is 2.38. The molecule has 0 amide bonds. The van der Waals surface area contributed by atoms with Gasteiger partial charge in [-0.05, 0) is 30.2 Å². The third-order valence-corrected chi connectivity index (χ3v) is 2.77. The molecule has 0 saturated heterocycles. The Hall–Kier alpha value is -1.80. The first-order chi connectivity index (χ1) is 8.75. The van der Waals surface area contributed by atoms with Crippen LogP contribution < -0.4 is 4.74 Å². The minimum Gasteiger partial charge on any atom is -0.493 e. The van der Waals surface area contributed by atoms with Crippen LogP contribution in [0.2, 0.25) is 0 Å². The van der Waals surface area contributed by atoms with E-state index in [4.69, 9.17) is 9.84 Å². The van der Waals surface area contributed by atoms with Gasteiger partial charge in [0.05, 0.1) is 12.7 Å². The van der Waals surface area contributed by atoms with Gasteiger partial charge in [-0.15, -0.1) is 0 Å². The third-order valence-electron chi connectivity index (χ3n) is 2.77. The Bertz CT molecular complexity index is 460. The second-order valence-corrected chi connectivity index (χ2v) is 4.38. The van der Waals surface area contributed by atoms with E-state index in [9.17, 15) is 0 Å². The SMILES string of the molecule is CC(O)CCOc1ccc(-c2ccccc2)cc1. The molecule has 0 aliphatic rings. The van der Waals surface area contributed by atoms with E-state index in [2.05, 4.69) is 12.1 Å². The first-order valence-corrected chi connectivity index (χ1v) is 6.22. The molecule has 2 aromatic rings. The first kappa shape index (κ1) is 12.7. The lowest BCUT2D eigenvalue weighted by molar-refractivity contribution is 0.155. The molecule has 0 aromatic heterocycles. The first-order valence-electron chi connectivity index (χ1n) is 6.22. The molecular formula is C16H18O2. The molecule has 2 aromatic carbocycles. The lowest BCUT2D eigenvalue weighted by Crippen LogP contribution is -2.07. The Morgan fingerprint density at radius 1 is 0.944 bits per heavy atom. The molecule has 0 bridgehead atoms. The van der Waals surface area contributed by atoms with Gasteiger partial charge in [0.1, 0.15) is 5.75 Å². The lowest BCUT2D eigenvalue weighted by Gasteiger charge is -2.08. The zero-order valence-corrected chi connectivity index (χ0v) is 10.5. The van der Waals surface area contributed by atoms with Crippen molar-refractivity contribution in [3.05, 3.63) is 54.6 Å². The van der Waals surface area contributed by atoms with Gasteiger partial charge in [0.15, 0.2) is 0 Å². The Morgan fingerprint density at radius 3 is 2.17 bits per heavy atom. The van der Waals surface area contributed by atoms with Crippen LogP contribution in [0.4, 0.5) is 0 Å². The smallest absolute Gasteiger partial charge is 0.119 e. The highest BCUT2D eigenvalue weighted by Crippen LogP contribution is 2.22. The molecule has 2 heteroatoms. The molecule has 0 aliphatic heterocycles. The van der Waals surface area contributed by atoms with Crippen molar-refractivity contribution in [3.8, 4) is 16.9 Å². The fourth-order valence-electron chi connectivity index (χ4n) is 1.72. The molecular weight excluding hydrogens is 224 g/mol. The summed E-state index contributed by atoms with van der Waals surface area (Å²) in [5.74, 6) is 0.843. The Balaban J connectivity index is 1.98. The summed E-state index contributed by atoms with van der Waals surface area (Å²) in [7, 11) is 0. The fraction of sp³-hybridized carbons (Fsp3) is 0.250. The van der Waals surface area contributed by atoms with E-state index >= 15 is 0 Å². The molecule has 94 valence electrons. The summed E-state index contributed by atoms with van der Waals surface area (Å²) in [4.78, 5) is 0. The monoisotopic (exact) mass is 242 g/mol. The molecule has 0 fully saturated rings. The number of rotatable bonds is 5. The molecule has 1 N–H and O–H groups in total. The second-order valence-electron chi connectivity index (χ2n) is 4.38. The highest BCUT2D eigenvalue weighted by Gasteiger charge is 1.99. The quantitative estimate of drug-likeness (QED) is 0.869. The summed E-state index contributed by atoms with van der Waals surface area (Å²) in [6.45, 7) is 2.31. The molecule has 0 heterocycles. The number of aliphatic hydroxyl groups is 1. The van der Waals surface area contributed by atoms with Crippen LogP contribution in [0.5, 0.6) is 5.75 Å². The molecule has 0 saturated carbocycles. The van der Waals surface area contributed by atoms with Crippen molar-refractivity contribution in [2.24, 2.45) is 0 Å². The average molecular weight is 242 g/mol. The molecule has 18 heavy (non-hydrogen) atoms. The van der Waals surface area contributed by atoms with Gasteiger partial charge in [-0.3, -0.25) is 0 Å². The number of ether oxygens (including phenoxy) is 1.